The highest BCUT2D eigenvalue weighted by molar-refractivity contribution is 5.50. The van der Waals surface area contributed by atoms with Gasteiger partial charge in [-0.3, -0.25) is 0 Å². The van der Waals surface area contributed by atoms with E-state index in [0.29, 0.717) is 38.4 Å². The predicted molar refractivity (Wildman–Crippen MR) is 75.1 cm³/mol. The molecule has 1 aromatic carbocycles. The first-order chi connectivity index (χ1) is 9.63. The molecule has 1 rings (SSSR count). The van der Waals surface area contributed by atoms with Crippen molar-refractivity contribution in [3.8, 4) is 0 Å². The zero-order valence-corrected chi connectivity index (χ0v) is 12.2. The van der Waals surface area contributed by atoms with Crippen LogP contribution >= 0.6 is 0 Å². The highest BCUT2D eigenvalue weighted by atomic mass is 19.1. The molecule has 0 radical (unpaired) electrons. The van der Waals surface area contributed by atoms with E-state index in [2.05, 4.69) is 5.32 Å². The van der Waals surface area contributed by atoms with Gasteiger partial charge in [0, 0.05) is 33.9 Å². The number of hydrogen-bond acceptors (Lipinski definition) is 4. The van der Waals surface area contributed by atoms with E-state index in [1.807, 2.05) is 0 Å². The van der Waals surface area contributed by atoms with Crippen LogP contribution in [0.1, 0.15) is 5.56 Å². The second-order valence-corrected chi connectivity index (χ2v) is 4.41. The van der Waals surface area contributed by atoms with Crippen LogP contribution in [0.2, 0.25) is 0 Å². The second-order valence-electron chi connectivity index (χ2n) is 4.41. The highest BCUT2D eigenvalue weighted by Gasteiger charge is 2.17. The molecule has 0 heterocycles. The Morgan fingerprint density at radius 2 is 1.55 bits per heavy atom. The van der Waals surface area contributed by atoms with Crippen LogP contribution in [0.15, 0.2) is 12.1 Å². The van der Waals surface area contributed by atoms with E-state index in [1.165, 1.54) is 12.1 Å². The maximum absolute atomic E-state index is 14.1. The molecule has 0 saturated heterocycles. The summed E-state index contributed by atoms with van der Waals surface area (Å²) < 4.78 is 38.3. The third kappa shape index (κ3) is 4.70. The Hall–Kier alpha value is -1.24. The maximum atomic E-state index is 14.1. The Labute approximate surface area is 118 Å². The summed E-state index contributed by atoms with van der Waals surface area (Å²) >= 11 is 0. The first-order valence-electron chi connectivity index (χ1n) is 6.49. The number of ether oxygens (including phenoxy) is 2. The molecule has 0 bridgehead atoms. The monoisotopic (exact) mass is 288 g/mol. The number of hydrogen-bond donors (Lipinski definition) is 1. The summed E-state index contributed by atoms with van der Waals surface area (Å²) in [6.07, 6.45) is 0. The molecule has 0 amide bonds. The highest BCUT2D eigenvalue weighted by Crippen LogP contribution is 2.25. The van der Waals surface area contributed by atoms with Crippen LogP contribution in [0.3, 0.4) is 0 Å². The molecular formula is C14H22F2N2O2. The van der Waals surface area contributed by atoms with E-state index in [4.69, 9.17) is 9.47 Å². The summed E-state index contributed by atoms with van der Waals surface area (Å²) in [5, 5.41) is 2.87. The van der Waals surface area contributed by atoms with Crippen LogP contribution in [0.5, 0.6) is 0 Å². The van der Waals surface area contributed by atoms with Crippen molar-refractivity contribution in [2.24, 2.45) is 0 Å². The largest absolute Gasteiger partial charge is 0.383 e. The number of nitrogens with zero attached hydrogens (tertiary/aromatic N) is 1. The second kappa shape index (κ2) is 8.84. The quantitative estimate of drug-likeness (QED) is 0.751. The van der Waals surface area contributed by atoms with Crippen molar-refractivity contribution in [3.05, 3.63) is 29.3 Å². The molecule has 0 aliphatic carbocycles. The minimum Gasteiger partial charge on any atom is -0.383 e. The van der Waals surface area contributed by atoms with E-state index >= 15 is 0 Å². The van der Waals surface area contributed by atoms with Crippen LogP contribution in [-0.2, 0) is 16.0 Å². The van der Waals surface area contributed by atoms with E-state index in [1.54, 1.807) is 26.2 Å². The van der Waals surface area contributed by atoms with Crippen LogP contribution in [0.25, 0.3) is 0 Å². The molecule has 0 aliphatic heterocycles. The number of nitrogens with one attached hydrogen (secondary N) is 1. The zero-order valence-electron chi connectivity index (χ0n) is 12.2. The molecule has 1 aromatic rings. The van der Waals surface area contributed by atoms with Crippen molar-refractivity contribution in [2.45, 2.75) is 6.54 Å². The normalized spacial score (nSPS) is 10.8. The lowest BCUT2D eigenvalue weighted by Crippen LogP contribution is -2.32. The number of rotatable bonds is 9. The smallest absolute Gasteiger partial charge is 0.149 e. The van der Waals surface area contributed by atoms with Gasteiger partial charge in [-0.25, -0.2) is 8.78 Å². The number of benzene rings is 1. The summed E-state index contributed by atoms with van der Waals surface area (Å²) in [7, 11) is 4.83. The van der Waals surface area contributed by atoms with Crippen molar-refractivity contribution in [1.29, 1.82) is 0 Å². The molecule has 1 N–H and O–H groups in total. The van der Waals surface area contributed by atoms with Gasteiger partial charge in [0.2, 0.25) is 0 Å². The van der Waals surface area contributed by atoms with Crippen LogP contribution in [0.4, 0.5) is 14.5 Å². The molecule has 0 atom stereocenters. The van der Waals surface area contributed by atoms with E-state index in [-0.39, 0.29) is 5.69 Å². The van der Waals surface area contributed by atoms with Gasteiger partial charge in [0.1, 0.15) is 17.3 Å². The van der Waals surface area contributed by atoms with Gasteiger partial charge < -0.3 is 19.7 Å². The first-order valence-corrected chi connectivity index (χ1v) is 6.49. The Balaban J connectivity index is 2.98. The average Bonchev–Trinajstić information content (AvgIpc) is 2.40. The molecule has 114 valence electrons. The molecule has 0 fully saturated rings. The van der Waals surface area contributed by atoms with Crippen LogP contribution in [-0.4, -0.2) is 47.6 Å². The molecule has 6 heteroatoms. The minimum absolute atomic E-state index is 0.0287. The fraction of sp³-hybridized carbons (Fsp3) is 0.571. The molecule has 0 aromatic heterocycles. The molecular weight excluding hydrogens is 266 g/mol. The maximum Gasteiger partial charge on any atom is 0.149 e. The first kappa shape index (κ1) is 16.8. The molecule has 0 spiro atoms. The summed E-state index contributed by atoms with van der Waals surface area (Å²) in [6, 6.07) is 2.70. The fourth-order valence-electron chi connectivity index (χ4n) is 1.96. The third-order valence-electron chi connectivity index (χ3n) is 2.90. The molecule has 4 nitrogen and oxygen atoms in total. The Morgan fingerprint density at radius 3 is 1.95 bits per heavy atom. The van der Waals surface area contributed by atoms with Gasteiger partial charge in [-0.2, -0.15) is 0 Å². The molecule has 0 saturated carbocycles. The van der Waals surface area contributed by atoms with Gasteiger partial charge in [-0.1, -0.05) is 0 Å². The molecule has 0 unspecified atom stereocenters. The van der Waals surface area contributed by atoms with Crippen molar-refractivity contribution < 1.29 is 18.3 Å². The fourth-order valence-corrected chi connectivity index (χ4v) is 1.96. The Morgan fingerprint density at radius 1 is 1.05 bits per heavy atom. The van der Waals surface area contributed by atoms with Gasteiger partial charge in [-0.05, 0) is 24.7 Å². The Kier molecular flexibility index (Phi) is 7.43. The topological polar surface area (TPSA) is 33.7 Å². The van der Waals surface area contributed by atoms with E-state index in [0.717, 1.165) is 0 Å². The number of methoxy groups -OCH3 is 2. The van der Waals surface area contributed by atoms with Gasteiger partial charge in [0.25, 0.3) is 0 Å². The minimum atomic E-state index is -0.567. The SMILES string of the molecule is CNCc1cc(F)c(N(CCOC)CCOC)c(F)c1. The summed E-state index contributed by atoms with van der Waals surface area (Å²) in [4.78, 5) is 1.60. The van der Waals surface area contributed by atoms with Gasteiger partial charge >= 0.3 is 0 Å². The van der Waals surface area contributed by atoms with Crippen molar-refractivity contribution in [1.82, 2.24) is 5.32 Å². The summed E-state index contributed by atoms with van der Waals surface area (Å²) in [6.45, 7) is 2.00. The predicted octanol–water partition coefficient (Wildman–Crippen LogP) is 1.78. The lowest BCUT2D eigenvalue weighted by Gasteiger charge is -2.25. The lowest BCUT2D eigenvalue weighted by molar-refractivity contribution is 0.189. The van der Waals surface area contributed by atoms with Crippen molar-refractivity contribution in [2.75, 3.05) is 52.5 Å². The lowest BCUT2D eigenvalue weighted by atomic mass is 10.1. The zero-order chi connectivity index (χ0) is 15.0. The standard InChI is InChI=1S/C14H22F2N2O2/c1-17-10-11-8-12(15)14(13(16)9-11)18(4-6-19-2)5-7-20-3/h8-9,17H,4-7,10H2,1-3H3. The van der Waals surface area contributed by atoms with E-state index in [9.17, 15) is 8.78 Å². The van der Waals surface area contributed by atoms with E-state index < -0.39 is 11.6 Å². The van der Waals surface area contributed by atoms with Gasteiger partial charge in [0.15, 0.2) is 0 Å². The van der Waals surface area contributed by atoms with Crippen LogP contribution in [0, 0.1) is 11.6 Å². The number of anilines is 1. The van der Waals surface area contributed by atoms with Gasteiger partial charge in [-0.15, -0.1) is 0 Å². The molecule has 20 heavy (non-hydrogen) atoms. The third-order valence-corrected chi connectivity index (χ3v) is 2.90. The Bertz CT molecular complexity index is 385. The van der Waals surface area contributed by atoms with Gasteiger partial charge in [0.05, 0.1) is 13.2 Å². The van der Waals surface area contributed by atoms with Crippen molar-refractivity contribution >= 4 is 5.69 Å². The van der Waals surface area contributed by atoms with Crippen molar-refractivity contribution in [3.63, 3.8) is 0 Å². The van der Waals surface area contributed by atoms with Crippen LogP contribution < -0.4 is 10.2 Å². The molecule has 0 aliphatic rings. The number of halogens is 2. The summed E-state index contributed by atoms with van der Waals surface area (Å²) in [5.41, 5.74) is 0.545. The summed E-state index contributed by atoms with van der Waals surface area (Å²) in [5.74, 6) is -1.13. The average molecular weight is 288 g/mol.